The molecule has 1 atom stereocenters. The lowest BCUT2D eigenvalue weighted by atomic mass is 9.85. The van der Waals surface area contributed by atoms with Gasteiger partial charge in [0, 0.05) is 12.0 Å². The molecule has 3 nitrogen and oxygen atoms in total. The van der Waals surface area contributed by atoms with E-state index in [0.717, 1.165) is 6.07 Å². The second kappa shape index (κ2) is 5.60. The van der Waals surface area contributed by atoms with Gasteiger partial charge in [0.1, 0.15) is 5.82 Å². The van der Waals surface area contributed by atoms with Gasteiger partial charge in [-0.05, 0) is 42.2 Å². The Morgan fingerprint density at radius 1 is 1.36 bits per heavy atom. The molecule has 0 fully saturated rings. The molecule has 22 heavy (non-hydrogen) atoms. The number of hydrogen-bond acceptors (Lipinski definition) is 3. The largest absolute Gasteiger partial charge is 0.410 e. The fourth-order valence-corrected chi connectivity index (χ4v) is 3.79. The summed E-state index contributed by atoms with van der Waals surface area (Å²) in [5.74, 6) is -0.588. The van der Waals surface area contributed by atoms with Crippen molar-refractivity contribution >= 4 is 14.1 Å². The third kappa shape index (κ3) is 2.99. The zero-order chi connectivity index (χ0) is 16.7. The summed E-state index contributed by atoms with van der Waals surface area (Å²) >= 11 is 0. The van der Waals surface area contributed by atoms with E-state index in [1.54, 1.807) is 0 Å². The lowest BCUT2D eigenvalue weighted by molar-refractivity contribution is 0.0906. The normalized spacial score (nSPS) is 18.8. The summed E-state index contributed by atoms with van der Waals surface area (Å²) in [5, 5.41) is 9.21. The predicted octanol–water partition coefficient (Wildman–Crippen LogP) is 4.74. The number of carbonyl (C=O) groups excluding carboxylic acids is 1. The molecule has 2 rings (SSSR count). The van der Waals surface area contributed by atoms with Gasteiger partial charge >= 0.3 is 0 Å². The van der Waals surface area contributed by atoms with Crippen molar-refractivity contribution in [2.45, 2.75) is 57.8 Å². The van der Waals surface area contributed by atoms with Crippen molar-refractivity contribution in [2.75, 3.05) is 0 Å². The molecule has 5 heteroatoms. The van der Waals surface area contributed by atoms with Gasteiger partial charge in [-0.3, -0.25) is 4.79 Å². The van der Waals surface area contributed by atoms with E-state index < -0.39 is 14.1 Å². The number of halogens is 1. The minimum atomic E-state index is -2.04. The highest BCUT2D eigenvalue weighted by molar-refractivity contribution is 6.74. The highest BCUT2D eigenvalue weighted by Crippen LogP contribution is 2.43. The molecule has 1 unspecified atom stereocenters. The van der Waals surface area contributed by atoms with Crippen molar-refractivity contribution < 1.29 is 13.6 Å². The number of nitrogens with zero attached hydrogens (tertiary/aromatic N) is 1. The summed E-state index contributed by atoms with van der Waals surface area (Å²) in [7, 11) is -2.04. The quantitative estimate of drug-likeness (QED) is 0.740. The van der Waals surface area contributed by atoms with Crippen LogP contribution in [0.25, 0.3) is 0 Å². The first-order valence-electron chi connectivity index (χ1n) is 7.51. The fraction of sp³-hybridized carbons (Fsp3) is 0.529. The van der Waals surface area contributed by atoms with Gasteiger partial charge in [0.25, 0.3) is 0 Å². The van der Waals surface area contributed by atoms with Crippen LogP contribution in [0, 0.1) is 17.1 Å². The van der Waals surface area contributed by atoms with Crippen molar-refractivity contribution in [3.8, 4) is 6.07 Å². The van der Waals surface area contributed by atoms with E-state index in [1.807, 2.05) is 6.07 Å². The Morgan fingerprint density at radius 2 is 2.00 bits per heavy atom. The highest BCUT2D eigenvalue weighted by atomic mass is 28.4. The number of rotatable bonds is 2. The van der Waals surface area contributed by atoms with Gasteiger partial charge in [-0.1, -0.05) is 20.8 Å². The minimum absolute atomic E-state index is 0.0278. The molecular weight excluding hydrogens is 297 g/mol. The molecule has 0 aromatic heterocycles. The van der Waals surface area contributed by atoms with Crippen LogP contribution in [0.15, 0.2) is 12.1 Å². The highest BCUT2D eigenvalue weighted by Gasteiger charge is 2.41. The van der Waals surface area contributed by atoms with Crippen LogP contribution in [-0.2, 0) is 4.43 Å². The first kappa shape index (κ1) is 16.9. The molecular formula is C17H22FNO2Si. The van der Waals surface area contributed by atoms with Crippen LogP contribution in [0.1, 0.15) is 61.2 Å². The maximum absolute atomic E-state index is 13.8. The molecule has 0 radical (unpaired) electrons. The van der Waals surface area contributed by atoms with Crippen LogP contribution < -0.4 is 0 Å². The Hall–Kier alpha value is -1.51. The van der Waals surface area contributed by atoms with Gasteiger partial charge in [0.05, 0.1) is 17.7 Å². The number of fused-ring (bicyclic) bond motifs is 1. The van der Waals surface area contributed by atoms with Crippen LogP contribution in [0.2, 0.25) is 18.1 Å². The van der Waals surface area contributed by atoms with E-state index in [2.05, 4.69) is 33.9 Å². The molecule has 1 aliphatic rings. The second-order valence-corrected chi connectivity index (χ2v) is 12.1. The Balaban J connectivity index is 2.48. The number of hydrogen-bond donors (Lipinski definition) is 0. The van der Waals surface area contributed by atoms with E-state index >= 15 is 0 Å². The molecule has 0 spiro atoms. The topological polar surface area (TPSA) is 50.1 Å². The zero-order valence-corrected chi connectivity index (χ0v) is 14.8. The number of benzene rings is 1. The SMILES string of the molecule is CC(C)(C)[Si](C)(C)OC1CCC(=O)c2c(C#N)cc(F)cc21. The average molecular weight is 319 g/mol. The van der Waals surface area contributed by atoms with Crippen molar-refractivity contribution in [3.05, 3.63) is 34.6 Å². The summed E-state index contributed by atoms with van der Waals surface area (Å²) in [4.78, 5) is 12.2. The Bertz CT molecular complexity index is 656. The molecule has 1 aliphatic carbocycles. The van der Waals surface area contributed by atoms with Crippen molar-refractivity contribution in [1.82, 2.24) is 0 Å². The van der Waals surface area contributed by atoms with Crippen molar-refractivity contribution in [1.29, 1.82) is 5.26 Å². The number of nitriles is 1. The van der Waals surface area contributed by atoms with E-state index in [0.29, 0.717) is 24.0 Å². The Labute approximate surface area is 132 Å². The first-order valence-corrected chi connectivity index (χ1v) is 10.4. The predicted molar refractivity (Wildman–Crippen MR) is 85.7 cm³/mol. The van der Waals surface area contributed by atoms with E-state index in [4.69, 9.17) is 4.43 Å². The first-order chi connectivity index (χ1) is 10.1. The van der Waals surface area contributed by atoms with Crippen molar-refractivity contribution in [2.24, 2.45) is 0 Å². The van der Waals surface area contributed by atoms with Gasteiger partial charge in [-0.15, -0.1) is 0 Å². The molecule has 0 N–H and O–H groups in total. The molecule has 0 saturated carbocycles. The third-order valence-corrected chi connectivity index (χ3v) is 9.24. The summed E-state index contributed by atoms with van der Waals surface area (Å²) in [6.07, 6.45) is 0.579. The Morgan fingerprint density at radius 3 is 2.55 bits per heavy atom. The van der Waals surface area contributed by atoms with Gasteiger partial charge in [0.2, 0.25) is 0 Å². The summed E-state index contributed by atoms with van der Waals surface area (Å²) < 4.78 is 20.2. The molecule has 0 bridgehead atoms. The number of Topliss-reactive ketones (excluding diaryl/α,β-unsaturated/α-hetero) is 1. The summed E-state index contributed by atoms with van der Waals surface area (Å²) in [5.41, 5.74) is 1.00. The summed E-state index contributed by atoms with van der Waals surface area (Å²) in [6, 6.07) is 4.42. The average Bonchev–Trinajstić information content (AvgIpc) is 2.39. The molecule has 0 amide bonds. The Kier molecular flexibility index (Phi) is 4.29. The maximum atomic E-state index is 13.8. The smallest absolute Gasteiger partial charge is 0.192 e. The van der Waals surface area contributed by atoms with E-state index in [1.165, 1.54) is 6.07 Å². The molecule has 1 aromatic rings. The van der Waals surface area contributed by atoms with E-state index in [-0.39, 0.29) is 22.5 Å². The number of carbonyl (C=O) groups is 1. The molecule has 0 saturated heterocycles. The monoisotopic (exact) mass is 319 g/mol. The van der Waals surface area contributed by atoms with Gasteiger partial charge in [-0.2, -0.15) is 5.26 Å². The second-order valence-electron chi connectivity index (χ2n) is 7.36. The van der Waals surface area contributed by atoms with Crippen molar-refractivity contribution in [3.63, 3.8) is 0 Å². The lowest BCUT2D eigenvalue weighted by Crippen LogP contribution is -2.42. The van der Waals surface area contributed by atoms with Crippen LogP contribution in [-0.4, -0.2) is 14.1 Å². The molecule has 118 valence electrons. The van der Waals surface area contributed by atoms with Crippen LogP contribution >= 0.6 is 0 Å². The minimum Gasteiger partial charge on any atom is -0.410 e. The van der Waals surface area contributed by atoms with E-state index in [9.17, 15) is 14.4 Å². The lowest BCUT2D eigenvalue weighted by Gasteiger charge is -2.40. The van der Waals surface area contributed by atoms with Gasteiger partial charge in [0.15, 0.2) is 14.1 Å². The van der Waals surface area contributed by atoms with Gasteiger partial charge in [-0.25, -0.2) is 4.39 Å². The molecule has 1 aromatic carbocycles. The fourth-order valence-electron chi connectivity index (χ4n) is 2.48. The third-order valence-electron chi connectivity index (χ3n) is 4.76. The summed E-state index contributed by atoms with van der Waals surface area (Å²) in [6.45, 7) is 10.7. The number of ketones is 1. The maximum Gasteiger partial charge on any atom is 0.192 e. The standard InChI is InChI=1S/C17H22FNO2Si/c1-17(2,3)22(4,5)21-15-7-6-14(20)16-11(10-19)8-12(18)9-13(15)16/h8-9,15H,6-7H2,1-5H3. The molecule has 0 heterocycles. The van der Waals surface area contributed by atoms with Gasteiger partial charge < -0.3 is 4.43 Å². The van der Waals surface area contributed by atoms with Crippen LogP contribution in [0.5, 0.6) is 0 Å². The molecule has 0 aliphatic heterocycles. The zero-order valence-electron chi connectivity index (χ0n) is 13.8. The van der Waals surface area contributed by atoms with Crippen LogP contribution in [0.4, 0.5) is 4.39 Å². The van der Waals surface area contributed by atoms with Crippen LogP contribution in [0.3, 0.4) is 0 Å².